The van der Waals surface area contributed by atoms with E-state index in [1.807, 2.05) is 30.5 Å². The third kappa shape index (κ3) is 3.33. The van der Waals surface area contributed by atoms with Crippen molar-refractivity contribution >= 4 is 29.3 Å². The predicted octanol–water partition coefficient (Wildman–Crippen LogP) is 3.38. The van der Waals surface area contributed by atoms with Gasteiger partial charge in [-0.3, -0.25) is 9.59 Å². The number of aliphatic carboxylic acids is 1. The molecule has 1 fully saturated rings. The highest BCUT2D eigenvalue weighted by molar-refractivity contribution is 7.98. The van der Waals surface area contributed by atoms with Gasteiger partial charge in [0.15, 0.2) is 0 Å². The zero-order chi connectivity index (χ0) is 14.6. The van der Waals surface area contributed by atoms with E-state index in [1.54, 1.807) is 11.8 Å². The van der Waals surface area contributed by atoms with Gasteiger partial charge in [0, 0.05) is 17.0 Å². The highest BCUT2D eigenvalue weighted by Gasteiger charge is 2.42. The van der Waals surface area contributed by atoms with Crippen LogP contribution in [0.3, 0.4) is 0 Å². The summed E-state index contributed by atoms with van der Waals surface area (Å²) in [5.74, 6) is -1.06. The summed E-state index contributed by atoms with van der Waals surface area (Å²) in [6, 6.07) is 7.54. The molecule has 0 spiro atoms. The van der Waals surface area contributed by atoms with E-state index in [0.717, 1.165) is 17.7 Å². The van der Waals surface area contributed by atoms with Gasteiger partial charge in [0.05, 0.1) is 5.41 Å². The molecule has 4 nitrogen and oxygen atoms in total. The molecule has 5 heteroatoms. The Balaban J connectivity index is 1.99. The van der Waals surface area contributed by atoms with E-state index in [2.05, 4.69) is 5.32 Å². The minimum absolute atomic E-state index is 0.0621. The van der Waals surface area contributed by atoms with Gasteiger partial charge in [-0.15, -0.1) is 11.8 Å². The first-order valence-electron chi connectivity index (χ1n) is 6.73. The van der Waals surface area contributed by atoms with Gasteiger partial charge < -0.3 is 10.4 Å². The number of hydrogen-bond donors (Lipinski definition) is 2. The number of hydrogen-bond acceptors (Lipinski definition) is 3. The number of carbonyl (C=O) groups excluding carboxylic acids is 1. The minimum atomic E-state index is -0.858. The van der Waals surface area contributed by atoms with Crippen molar-refractivity contribution in [3.63, 3.8) is 0 Å². The minimum Gasteiger partial charge on any atom is -0.481 e. The number of carboxylic acid groups (broad SMARTS) is 1. The second-order valence-electron chi connectivity index (χ2n) is 5.25. The molecule has 1 aromatic rings. The molecular weight excluding hydrogens is 274 g/mol. The third-order valence-corrected chi connectivity index (χ3v) is 4.63. The SMILES string of the molecule is CSc1ccc(NC(=O)CC2(C(=O)O)CCCC2)cc1. The standard InChI is InChI=1S/C15H19NO3S/c1-20-12-6-4-11(5-7-12)16-13(17)10-15(14(18)19)8-2-3-9-15/h4-7H,2-3,8-10H2,1H3,(H,16,17)(H,18,19). The molecule has 0 unspecified atom stereocenters. The summed E-state index contributed by atoms with van der Waals surface area (Å²) in [7, 11) is 0. The van der Waals surface area contributed by atoms with Crippen LogP contribution in [0, 0.1) is 5.41 Å². The first-order chi connectivity index (χ1) is 9.55. The Morgan fingerprint density at radius 2 is 1.85 bits per heavy atom. The van der Waals surface area contributed by atoms with Gasteiger partial charge >= 0.3 is 5.97 Å². The van der Waals surface area contributed by atoms with E-state index in [4.69, 9.17) is 0 Å². The summed E-state index contributed by atoms with van der Waals surface area (Å²) < 4.78 is 0. The molecule has 0 radical (unpaired) electrons. The molecule has 0 aromatic heterocycles. The summed E-state index contributed by atoms with van der Waals surface area (Å²) in [5, 5.41) is 12.2. The molecule has 0 bridgehead atoms. The van der Waals surface area contributed by atoms with Crippen LogP contribution in [0.2, 0.25) is 0 Å². The summed E-state index contributed by atoms with van der Waals surface area (Å²) in [4.78, 5) is 24.6. The fourth-order valence-corrected chi connectivity index (χ4v) is 3.11. The molecule has 2 N–H and O–H groups in total. The van der Waals surface area contributed by atoms with Crippen LogP contribution in [0.5, 0.6) is 0 Å². The van der Waals surface area contributed by atoms with Crippen LogP contribution in [0.1, 0.15) is 32.1 Å². The van der Waals surface area contributed by atoms with Crippen molar-refractivity contribution in [3.05, 3.63) is 24.3 Å². The zero-order valence-corrected chi connectivity index (χ0v) is 12.3. The van der Waals surface area contributed by atoms with Crippen LogP contribution in [0.4, 0.5) is 5.69 Å². The third-order valence-electron chi connectivity index (χ3n) is 3.89. The molecule has 20 heavy (non-hydrogen) atoms. The Labute approximate surface area is 123 Å². The van der Waals surface area contributed by atoms with E-state index in [1.165, 1.54) is 0 Å². The van der Waals surface area contributed by atoms with Crippen molar-refractivity contribution < 1.29 is 14.7 Å². The maximum absolute atomic E-state index is 12.1. The van der Waals surface area contributed by atoms with Crippen LogP contribution in [-0.4, -0.2) is 23.2 Å². The Bertz CT molecular complexity index is 492. The van der Waals surface area contributed by atoms with E-state index in [-0.39, 0.29) is 12.3 Å². The van der Waals surface area contributed by atoms with Crippen LogP contribution in [0.25, 0.3) is 0 Å². The molecule has 0 aliphatic heterocycles. The van der Waals surface area contributed by atoms with Crippen molar-refractivity contribution in [2.75, 3.05) is 11.6 Å². The number of carboxylic acids is 1. The average Bonchev–Trinajstić information content (AvgIpc) is 2.89. The van der Waals surface area contributed by atoms with Gasteiger partial charge in [0.2, 0.25) is 5.91 Å². The van der Waals surface area contributed by atoms with Crippen LogP contribution < -0.4 is 5.32 Å². The summed E-state index contributed by atoms with van der Waals surface area (Å²) in [6.07, 6.45) is 5.03. The van der Waals surface area contributed by atoms with Gasteiger partial charge in [-0.25, -0.2) is 0 Å². The number of benzene rings is 1. The molecule has 0 heterocycles. The van der Waals surface area contributed by atoms with Gasteiger partial charge in [0.25, 0.3) is 0 Å². The lowest BCUT2D eigenvalue weighted by Gasteiger charge is -2.22. The molecule has 2 rings (SSSR count). The lowest BCUT2D eigenvalue weighted by molar-refractivity contribution is -0.150. The maximum atomic E-state index is 12.1. The summed E-state index contributed by atoms with van der Waals surface area (Å²) in [5.41, 5.74) is -0.144. The summed E-state index contributed by atoms with van der Waals surface area (Å²) in [6.45, 7) is 0. The second-order valence-corrected chi connectivity index (χ2v) is 6.13. The smallest absolute Gasteiger partial charge is 0.310 e. The first-order valence-corrected chi connectivity index (χ1v) is 7.95. The van der Waals surface area contributed by atoms with Gasteiger partial charge in [-0.05, 0) is 43.4 Å². The number of carbonyl (C=O) groups is 2. The molecule has 108 valence electrons. The molecule has 1 aromatic carbocycles. The number of anilines is 1. The monoisotopic (exact) mass is 293 g/mol. The van der Waals surface area contributed by atoms with Crippen molar-refractivity contribution in [1.29, 1.82) is 0 Å². The Morgan fingerprint density at radius 3 is 2.35 bits per heavy atom. The molecular formula is C15H19NO3S. The molecule has 1 saturated carbocycles. The topological polar surface area (TPSA) is 66.4 Å². The lowest BCUT2D eigenvalue weighted by Crippen LogP contribution is -2.32. The predicted molar refractivity (Wildman–Crippen MR) is 80.0 cm³/mol. The second kappa shape index (κ2) is 6.31. The van der Waals surface area contributed by atoms with Crippen molar-refractivity contribution in [2.24, 2.45) is 5.41 Å². The first kappa shape index (κ1) is 14.9. The quantitative estimate of drug-likeness (QED) is 0.817. The van der Waals surface area contributed by atoms with Gasteiger partial charge in [0.1, 0.15) is 0 Å². The largest absolute Gasteiger partial charge is 0.481 e. The van der Waals surface area contributed by atoms with Crippen molar-refractivity contribution in [2.45, 2.75) is 37.0 Å². The number of amides is 1. The fourth-order valence-electron chi connectivity index (χ4n) is 2.70. The van der Waals surface area contributed by atoms with Crippen LogP contribution in [0.15, 0.2) is 29.2 Å². The van der Waals surface area contributed by atoms with Gasteiger partial charge in [-0.2, -0.15) is 0 Å². The Hall–Kier alpha value is -1.49. The van der Waals surface area contributed by atoms with Crippen LogP contribution in [-0.2, 0) is 9.59 Å². The summed E-state index contributed by atoms with van der Waals surface area (Å²) >= 11 is 1.64. The molecule has 1 aliphatic rings. The molecule has 0 saturated heterocycles. The zero-order valence-electron chi connectivity index (χ0n) is 11.5. The maximum Gasteiger partial charge on any atom is 0.310 e. The van der Waals surface area contributed by atoms with E-state index in [9.17, 15) is 14.7 Å². The Morgan fingerprint density at radius 1 is 1.25 bits per heavy atom. The fraction of sp³-hybridized carbons (Fsp3) is 0.467. The van der Waals surface area contributed by atoms with Gasteiger partial charge in [-0.1, -0.05) is 12.8 Å². The van der Waals surface area contributed by atoms with E-state index < -0.39 is 11.4 Å². The van der Waals surface area contributed by atoms with E-state index >= 15 is 0 Å². The van der Waals surface area contributed by atoms with E-state index in [0.29, 0.717) is 18.5 Å². The highest BCUT2D eigenvalue weighted by atomic mass is 32.2. The van der Waals surface area contributed by atoms with Crippen LogP contribution >= 0.6 is 11.8 Å². The molecule has 0 atom stereocenters. The van der Waals surface area contributed by atoms with Crippen molar-refractivity contribution in [1.82, 2.24) is 0 Å². The number of nitrogens with one attached hydrogen (secondary N) is 1. The molecule has 1 amide bonds. The number of thioether (sulfide) groups is 1. The molecule has 1 aliphatic carbocycles. The highest BCUT2D eigenvalue weighted by Crippen LogP contribution is 2.41. The lowest BCUT2D eigenvalue weighted by atomic mass is 9.82. The average molecular weight is 293 g/mol. The van der Waals surface area contributed by atoms with Crippen molar-refractivity contribution in [3.8, 4) is 0 Å². The Kier molecular flexibility index (Phi) is 4.70. The normalized spacial score (nSPS) is 16.9. The number of rotatable bonds is 5.